The van der Waals surface area contributed by atoms with E-state index in [0.29, 0.717) is 40.1 Å². The number of aromatic nitrogens is 3. The van der Waals surface area contributed by atoms with Gasteiger partial charge in [0.05, 0.1) is 23.1 Å². The van der Waals surface area contributed by atoms with Crippen molar-refractivity contribution in [3.05, 3.63) is 71.8 Å². The third-order valence-electron chi connectivity index (χ3n) is 7.08. The number of likely N-dealkylation sites (tertiary alicyclic amines) is 1. The number of carbonyl (C=O) groups excluding carboxylic acids is 1. The third kappa shape index (κ3) is 6.61. The Labute approximate surface area is 231 Å². The van der Waals surface area contributed by atoms with Crippen LogP contribution in [0.4, 0.5) is 20.6 Å². The first kappa shape index (κ1) is 26.8. The van der Waals surface area contributed by atoms with E-state index in [9.17, 15) is 9.18 Å². The van der Waals surface area contributed by atoms with Crippen LogP contribution in [0, 0.1) is 11.7 Å². The maximum Gasteiger partial charge on any atom is 0.414 e. The molecule has 1 N–H and O–H groups in total. The summed E-state index contributed by atoms with van der Waals surface area (Å²) in [6.45, 7) is 2.88. The number of benzene rings is 2. The number of fused-ring (bicyclic) bond motifs is 1. The van der Waals surface area contributed by atoms with E-state index in [1.807, 2.05) is 12.1 Å². The van der Waals surface area contributed by atoms with Crippen LogP contribution in [0.5, 0.6) is 5.75 Å². The molecule has 2 aromatic carbocycles. The highest BCUT2D eigenvalue weighted by atomic mass is 35.5. The fourth-order valence-corrected chi connectivity index (χ4v) is 4.89. The number of nitrogens with zero attached hydrogens (tertiary/aromatic N) is 5. The fraction of sp³-hybridized carbons (Fsp3) is 0.310. The third-order valence-corrected chi connectivity index (χ3v) is 7.31. The number of carbonyl (C=O) groups is 1. The number of nitrogens with one attached hydrogen (secondary N) is 1. The second-order valence-electron chi connectivity index (χ2n) is 9.94. The first-order chi connectivity index (χ1) is 18.9. The summed E-state index contributed by atoms with van der Waals surface area (Å²) >= 11 is 6.04. The van der Waals surface area contributed by atoms with E-state index < -0.39 is 5.82 Å². The number of pyridine rings is 1. The average molecular weight is 549 g/mol. The lowest BCUT2D eigenvalue weighted by molar-refractivity contribution is 0.153. The van der Waals surface area contributed by atoms with Crippen LogP contribution >= 0.6 is 11.6 Å². The summed E-state index contributed by atoms with van der Waals surface area (Å²) in [6, 6.07) is 13.2. The van der Waals surface area contributed by atoms with Gasteiger partial charge in [0.25, 0.3) is 0 Å². The quantitative estimate of drug-likeness (QED) is 0.286. The predicted octanol–water partition coefficient (Wildman–Crippen LogP) is 6.39. The van der Waals surface area contributed by atoms with E-state index in [4.69, 9.17) is 16.3 Å². The zero-order valence-corrected chi connectivity index (χ0v) is 22.7. The van der Waals surface area contributed by atoms with Crippen LogP contribution in [0.25, 0.3) is 22.2 Å². The van der Waals surface area contributed by atoms with Gasteiger partial charge in [-0.25, -0.2) is 9.18 Å². The minimum absolute atomic E-state index is 0.265. The van der Waals surface area contributed by atoms with Crippen molar-refractivity contribution in [2.75, 3.05) is 39.0 Å². The first-order valence-electron chi connectivity index (χ1n) is 12.9. The number of halogens is 2. The highest BCUT2D eigenvalue weighted by molar-refractivity contribution is 6.30. The second kappa shape index (κ2) is 11.9. The van der Waals surface area contributed by atoms with E-state index in [2.05, 4.69) is 32.4 Å². The largest absolute Gasteiger partial charge is 0.414 e. The number of anilines is 2. The summed E-state index contributed by atoms with van der Waals surface area (Å²) in [5.74, 6) is 0.630. The topological polar surface area (TPSA) is 83.5 Å². The molecular weight excluding hydrogens is 519 g/mol. The molecule has 1 fully saturated rings. The van der Waals surface area contributed by atoms with Gasteiger partial charge in [0.15, 0.2) is 0 Å². The average Bonchev–Trinajstić information content (AvgIpc) is 2.94. The molecule has 202 valence electrons. The van der Waals surface area contributed by atoms with Crippen molar-refractivity contribution < 1.29 is 13.9 Å². The zero-order chi connectivity index (χ0) is 27.4. The molecule has 0 radical (unpaired) electrons. The number of amides is 1. The van der Waals surface area contributed by atoms with Crippen LogP contribution in [0.3, 0.4) is 0 Å². The van der Waals surface area contributed by atoms with Crippen molar-refractivity contribution in [2.24, 2.45) is 5.92 Å². The lowest BCUT2D eigenvalue weighted by atomic mass is 9.94. The lowest BCUT2D eigenvalue weighted by Gasteiger charge is -2.29. The van der Waals surface area contributed by atoms with Crippen molar-refractivity contribution in [1.29, 1.82) is 0 Å². The van der Waals surface area contributed by atoms with Gasteiger partial charge < -0.3 is 19.9 Å². The maximum absolute atomic E-state index is 14.3. The zero-order valence-electron chi connectivity index (χ0n) is 21.9. The number of ether oxygens (including phenoxy) is 1. The van der Waals surface area contributed by atoms with E-state index in [-0.39, 0.29) is 11.7 Å². The van der Waals surface area contributed by atoms with Crippen LogP contribution in [-0.2, 0) is 0 Å². The minimum atomic E-state index is -0.435. The highest BCUT2D eigenvalue weighted by Gasteiger charge is 2.19. The van der Waals surface area contributed by atoms with Crippen molar-refractivity contribution in [3.63, 3.8) is 0 Å². The summed E-state index contributed by atoms with van der Waals surface area (Å²) < 4.78 is 20.0. The van der Waals surface area contributed by atoms with Crippen molar-refractivity contribution in [3.8, 4) is 17.0 Å². The smallest absolute Gasteiger partial charge is 0.410 e. The molecule has 1 amide bonds. The van der Waals surface area contributed by atoms with Crippen LogP contribution in [0.2, 0.25) is 5.02 Å². The number of hydrogen-bond donors (Lipinski definition) is 1. The van der Waals surface area contributed by atoms with Crippen molar-refractivity contribution >= 4 is 40.0 Å². The molecule has 5 rings (SSSR count). The van der Waals surface area contributed by atoms with Crippen LogP contribution < -0.4 is 10.1 Å². The normalized spacial score (nSPS) is 14.4. The summed E-state index contributed by atoms with van der Waals surface area (Å²) in [6.07, 6.45) is 6.14. The van der Waals surface area contributed by atoms with Gasteiger partial charge in [0.1, 0.15) is 11.6 Å². The molecule has 0 unspecified atom stereocenters. The molecule has 10 heteroatoms. The monoisotopic (exact) mass is 548 g/mol. The van der Waals surface area contributed by atoms with Gasteiger partial charge in [0, 0.05) is 47.5 Å². The van der Waals surface area contributed by atoms with Crippen molar-refractivity contribution in [2.45, 2.75) is 19.3 Å². The Kier molecular flexibility index (Phi) is 8.18. The molecule has 39 heavy (non-hydrogen) atoms. The molecule has 1 aliphatic heterocycles. The molecule has 1 saturated heterocycles. The second-order valence-corrected chi connectivity index (χ2v) is 10.4. The molecule has 0 atom stereocenters. The summed E-state index contributed by atoms with van der Waals surface area (Å²) in [5.41, 5.74) is 2.66. The SMILES string of the molecule is CN1CCC(CCN(C)C(=O)Oc2ccc3c(Nc4cnnc(-c5cc(Cl)ccc5F)c4)ccnc3c2)CC1. The molecule has 0 bridgehead atoms. The fourth-order valence-electron chi connectivity index (χ4n) is 4.71. The van der Waals surface area contributed by atoms with E-state index in [0.717, 1.165) is 30.6 Å². The van der Waals surface area contributed by atoms with E-state index in [1.54, 1.807) is 42.5 Å². The minimum Gasteiger partial charge on any atom is -0.410 e. The van der Waals surface area contributed by atoms with Gasteiger partial charge >= 0.3 is 6.09 Å². The highest BCUT2D eigenvalue weighted by Crippen LogP contribution is 2.30. The van der Waals surface area contributed by atoms with Gasteiger partial charge in [-0.2, -0.15) is 10.2 Å². The molecule has 0 aliphatic carbocycles. The Morgan fingerprint density at radius 1 is 1.18 bits per heavy atom. The molecule has 0 spiro atoms. The van der Waals surface area contributed by atoms with E-state index >= 15 is 0 Å². The van der Waals surface area contributed by atoms with Crippen LogP contribution in [0.15, 0.2) is 60.9 Å². The van der Waals surface area contributed by atoms with Gasteiger partial charge in [-0.1, -0.05) is 11.6 Å². The van der Waals surface area contributed by atoms with Gasteiger partial charge in [-0.15, -0.1) is 0 Å². The Morgan fingerprint density at radius 3 is 2.82 bits per heavy atom. The summed E-state index contributed by atoms with van der Waals surface area (Å²) in [7, 11) is 3.92. The first-order valence-corrected chi connectivity index (χ1v) is 13.3. The predicted molar refractivity (Wildman–Crippen MR) is 151 cm³/mol. The summed E-state index contributed by atoms with van der Waals surface area (Å²) in [4.78, 5) is 21.1. The molecule has 3 heterocycles. The molecule has 8 nitrogen and oxygen atoms in total. The standard InChI is InChI=1S/C29H30ClFN6O2/c1-36-12-8-19(9-13-36)10-14-37(2)29(38)39-22-4-5-23-26(7-11-32-27(23)17-22)34-21-16-28(35-33-18-21)24-15-20(30)3-6-25(24)31/h3-7,11,15-19H,8-10,12-14H2,1-2H3,(H,32,34,35). The molecular formula is C29H30ClFN6O2. The van der Waals surface area contributed by atoms with Crippen LogP contribution in [-0.4, -0.2) is 64.8 Å². The Morgan fingerprint density at radius 2 is 2.00 bits per heavy atom. The number of rotatable bonds is 7. The Balaban J connectivity index is 1.26. The molecule has 0 saturated carbocycles. The lowest BCUT2D eigenvalue weighted by Crippen LogP contribution is -2.34. The van der Waals surface area contributed by atoms with Crippen LogP contribution in [0.1, 0.15) is 19.3 Å². The molecule has 4 aromatic rings. The number of piperidine rings is 1. The van der Waals surface area contributed by atoms with Gasteiger partial charge in [0.2, 0.25) is 0 Å². The Bertz CT molecular complexity index is 1480. The summed E-state index contributed by atoms with van der Waals surface area (Å²) in [5, 5.41) is 12.6. The number of hydrogen-bond acceptors (Lipinski definition) is 7. The van der Waals surface area contributed by atoms with Gasteiger partial charge in [-0.05, 0) is 87.8 Å². The van der Waals surface area contributed by atoms with Gasteiger partial charge in [-0.3, -0.25) is 4.98 Å². The molecule has 2 aromatic heterocycles. The molecule has 1 aliphatic rings. The maximum atomic E-state index is 14.3. The van der Waals surface area contributed by atoms with E-state index in [1.165, 1.54) is 31.0 Å². The Hall–Kier alpha value is -3.82. The van der Waals surface area contributed by atoms with Crippen molar-refractivity contribution in [1.82, 2.24) is 25.0 Å².